The van der Waals surface area contributed by atoms with Crippen LogP contribution in [0.1, 0.15) is 11.3 Å². The Morgan fingerprint density at radius 3 is 2.58 bits per heavy atom. The van der Waals surface area contributed by atoms with Crippen molar-refractivity contribution in [1.29, 1.82) is 5.26 Å². The number of hydrogen-bond acceptors (Lipinski definition) is 5. The number of pyridine rings is 1. The molecular weight excluding hydrogens is 304 g/mol. The highest BCUT2D eigenvalue weighted by Gasteiger charge is 2.13. The summed E-state index contributed by atoms with van der Waals surface area (Å²) in [7, 11) is 1.44. The first kappa shape index (κ1) is 15.4. The number of nitrogens with zero attached hydrogens (tertiary/aromatic N) is 4. The number of rotatable bonds is 4. The molecule has 0 amide bonds. The first-order chi connectivity index (χ1) is 11.7. The standard InChI is InChI=1S/C18H14N4O2/c1-24-16-11-21-17(14-7-5-13(10-19)6-8-14)22(18(16)23)12-15-4-2-3-9-20-15/h2-9,11H,12H2,1H3. The minimum absolute atomic E-state index is 0.170. The smallest absolute Gasteiger partial charge is 0.296 e. The van der Waals surface area contributed by atoms with Gasteiger partial charge in [0.05, 0.1) is 37.2 Å². The first-order valence-corrected chi connectivity index (χ1v) is 7.27. The molecule has 0 spiro atoms. The lowest BCUT2D eigenvalue weighted by Crippen LogP contribution is -2.25. The van der Waals surface area contributed by atoms with Crippen LogP contribution in [0.2, 0.25) is 0 Å². The molecule has 3 aromatic rings. The average molecular weight is 318 g/mol. The van der Waals surface area contributed by atoms with E-state index in [1.54, 1.807) is 30.5 Å². The van der Waals surface area contributed by atoms with Crippen molar-refractivity contribution in [1.82, 2.24) is 14.5 Å². The molecule has 1 aromatic carbocycles. The van der Waals surface area contributed by atoms with Crippen LogP contribution >= 0.6 is 0 Å². The number of nitriles is 1. The Bertz CT molecular complexity index is 941. The molecule has 118 valence electrons. The third-order valence-electron chi connectivity index (χ3n) is 3.55. The van der Waals surface area contributed by atoms with E-state index in [0.717, 1.165) is 11.3 Å². The minimum Gasteiger partial charge on any atom is -0.490 e. The summed E-state index contributed by atoms with van der Waals surface area (Å²) in [5.41, 5.74) is 1.75. The molecule has 0 aliphatic carbocycles. The number of hydrogen-bond donors (Lipinski definition) is 0. The van der Waals surface area contributed by atoms with Gasteiger partial charge in [0.1, 0.15) is 5.82 Å². The van der Waals surface area contributed by atoms with Crippen molar-refractivity contribution in [3.05, 3.63) is 76.5 Å². The largest absolute Gasteiger partial charge is 0.490 e. The molecule has 24 heavy (non-hydrogen) atoms. The Morgan fingerprint density at radius 1 is 1.17 bits per heavy atom. The third-order valence-corrected chi connectivity index (χ3v) is 3.55. The Kier molecular flexibility index (Phi) is 4.34. The van der Waals surface area contributed by atoms with Crippen molar-refractivity contribution in [2.45, 2.75) is 6.54 Å². The fourth-order valence-electron chi connectivity index (χ4n) is 2.34. The Hall–Kier alpha value is -3.46. The zero-order valence-corrected chi connectivity index (χ0v) is 13.0. The van der Waals surface area contributed by atoms with Gasteiger partial charge in [-0.2, -0.15) is 5.26 Å². The van der Waals surface area contributed by atoms with Crippen LogP contribution in [0.4, 0.5) is 0 Å². The summed E-state index contributed by atoms with van der Waals surface area (Å²) in [6, 6.07) is 14.5. The van der Waals surface area contributed by atoms with Crippen molar-refractivity contribution in [2.24, 2.45) is 0 Å². The summed E-state index contributed by atoms with van der Waals surface area (Å²) in [5, 5.41) is 8.92. The molecule has 0 fully saturated rings. The highest BCUT2D eigenvalue weighted by atomic mass is 16.5. The van der Waals surface area contributed by atoms with Crippen LogP contribution in [0.5, 0.6) is 5.75 Å². The maximum Gasteiger partial charge on any atom is 0.296 e. The average Bonchev–Trinajstić information content (AvgIpc) is 2.64. The highest BCUT2D eigenvalue weighted by molar-refractivity contribution is 5.57. The van der Waals surface area contributed by atoms with Gasteiger partial charge < -0.3 is 4.74 Å². The quantitative estimate of drug-likeness (QED) is 0.737. The van der Waals surface area contributed by atoms with Crippen LogP contribution in [0.3, 0.4) is 0 Å². The van der Waals surface area contributed by atoms with E-state index >= 15 is 0 Å². The molecule has 0 saturated carbocycles. The van der Waals surface area contributed by atoms with Gasteiger partial charge >= 0.3 is 0 Å². The zero-order chi connectivity index (χ0) is 16.9. The molecule has 0 aliphatic heterocycles. The molecule has 2 heterocycles. The zero-order valence-electron chi connectivity index (χ0n) is 13.0. The fraction of sp³-hybridized carbons (Fsp3) is 0.111. The van der Waals surface area contributed by atoms with E-state index in [4.69, 9.17) is 10.00 Å². The van der Waals surface area contributed by atoms with Gasteiger partial charge in [-0.05, 0) is 36.4 Å². The maximum absolute atomic E-state index is 12.6. The van der Waals surface area contributed by atoms with Gasteiger partial charge in [0, 0.05) is 11.8 Å². The van der Waals surface area contributed by atoms with Crippen LogP contribution in [0, 0.1) is 11.3 Å². The summed E-state index contributed by atoms with van der Waals surface area (Å²) in [5.74, 6) is 0.666. The molecule has 6 heteroatoms. The number of benzene rings is 1. The van der Waals surface area contributed by atoms with Crippen molar-refractivity contribution in [3.8, 4) is 23.2 Å². The number of methoxy groups -OCH3 is 1. The summed E-state index contributed by atoms with van der Waals surface area (Å²) in [4.78, 5) is 21.3. The molecule has 0 bridgehead atoms. The lowest BCUT2D eigenvalue weighted by molar-refractivity contribution is 0.401. The van der Waals surface area contributed by atoms with Crippen LogP contribution < -0.4 is 10.3 Å². The second kappa shape index (κ2) is 6.75. The normalized spacial score (nSPS) is 10.2. The second-order valence-corrected chi connectivity index (χ2v) is 5.05. The lowest BCUT2D eigenvalue weighted by Gasteiger charge is -2.13. The molecule has 3 rings (SSSR count). The van der Waals surface area contributed by atoms with Gasteiger partial charge in [-0.25, -0.2) is 4.98 Å². The Morgan fingerprint density at radius 2 is 1.96 bits per heavy atom. The van der Waals surface area contributed by atoms with Crippen LogP contribution in [-0.4, -0.2) is 21.6 Å². The Labute approximate surface area is 138 Å². The predicted octanol–water partition coefficient (Wildman–Crippen LogP) is 2.23. The van der Waals surface area contributed by atoms with E-state index in [9.17, 15) is 4.79 Å². The van der Waals surface area contributed by atoms with Crippen LogP contribution in [0.25, 0.3) is 11.4 Å². The van der Waals surface area contributed by atoms with E-state index in [0.29, 0.717) is 11.4 Å². The van der Waals surface area contributed by atoms with E-state index in [1.807, 2.05) is 18.2 Å². The molecule has 0 aliphatic rings. The first-order valence-electron chi connectivity index (χ1n) is 7.27. The van der Waals surface area contributed by atoms with Gasteiger partial charge in [-0.3, -0.25) is 14.3 Å². The third kappa shape index (κ3) is 3.01. The summed E-state index contributed by atoms with van der Waals surface area (Å²) in [6.07, 6.45) is 3.08. The SMILES string of the molecule is COc1cnc(-c2ccc(C#N)cc2)n(Cc2ccccn2)c1=O. The summed E-state index contributed by atoms with van der Waals surface area (Å²) >= 11 is 0. The maximum atomic E-state index is 12.6. The van der Waals surface area contributed by atoms with E-state index in [2.05, 4.69) is 16.0 Å². The molecule has 6 nitrogen and oxygen atoms in total. The van der Waals surface area contributed by atoms with Crippen molar-refractivity contribution < 1.29 is 4.74 Å². The molecule has 0 atom stereocenters. The van der Waals surface area contributed by atoms with E-state index < -0.39 is 0 Å². The van der Waals surface area contributed by atoms with Crippen molar-refractivity contribution >= 4 is 0 Å². The second-order valence-electron chi connectivity index (χ2n) is 5.05. The molecular formula is C18H14N4O2. The van der Waals surface area contributed by atoms with Gasteiger partial charge in [0.25, 0.3) is 5.56 Å². The van der Waals surface area contributed by atoms with Gasteiger partial charge in [0.15, 0.2) is 0 Å². The van der Waals surface area contributed by atoms with Crippen LogP contribution in [0.15, 0.2) is 59.7 Å². The fourth-order valence-corrected chi connectivity index (χ4v) is 2.34. The summed E-state index contributed by atoms with van der Waals surface area (Å²) < 4.78 is 6.61. The minimum atomic E-state index is -0.280. The topological polar surface area (TPSA) is 80.8 Å². The molecule has 2 aromatic heterocycles. The Balaban J connectivity index is 2.13. The summed E-state index contributed by atoms with van der Waals surface area (Å²) in [6.45, 7) is 0.277. The molecule has 0 saturated heterocycles. The number of ether oxygens (including phenoxy) is 1. The predicted molar refractivity (Wildman–Crippen MR) is 88.5 cm³/mol. The van der Waals surface area contributed by atoms with Crippen LogP contribution in [-0.2, 0) is 6.54 Å². The monoisotopic (exact) mass is 318 g/mol. The molecule has 0 radical (unpaired) electrons. The molecule has 0 N–H and O–H groups in total. The van der Waals surface area contributed by atoms with E-state index in [1.165, 1.54) is 17.9 Å². The van der Waals surface area contributed by atoms with Gasteiger partial charge in [-0.15, -0.1) is 0 Å². The van der Waals surface area contributed by atoms with E-state index in [-0.39, 0.29) is 17.9 Å². The van der Waals surface area contributed by atoms with Crippen molar-refractivity contribution in [3.63, 3.8) is 0 Å². The lowest BCUT2D eigenvalue weighted by atomic mass is 10.1. The van der Waals surface area contributed by atoms with Crippen molar-refractivity contribution in [2.75, 3.05) is 7.11 Å². The highest BCUT2D eigenvalue weighted by Crippen LogP contribution is 2.18. The molecule has 0 unspecified atom stereocenters. The van der Waals surface area contributed by atoms with Gasteiger partial charge in [0.2, 0.25) is 5.75 Å². The van der Waals surface area contributed by atoms with Gasteiger partial charge in [-0.1, -0.05) is 6.07 Å². The number of aromatic nitrogens is 3.